The average molecular weight is 251 g/mol. The average Bonchev–Trinajstić information content (AvgIpc) is 3.09. The molecular weight excluding hydrogens is 240 g/mol. The number of hydrogen-bond acceptors (Lipinski definition) is 2. The Morgan fingerprint density at radius 1 is 1.18 bits per heavy atom. The molecule has 1 saturated carbocycles. The molecule has 1 saturated heterocycles. The van der Waals surface area contributed by atoms with Gasteiger partial charge in [-0.2, -0.15) is 0 Å². The third kappa shape index (κ3) is 1.69. The van der Waals surface area contributed by atoms with Crippen molar-refractivity contribution in [2.45, 2.75) is 18.9 Å². The van der Waals surface area contributed by atoms with Crippen molar-refractivity contribution in [2.24, 2.45) is 0 Å². The van der Waals surface area contributed by atoms with Gasteiger partial charge >= 0.3 is 6.03 Å². The van der Waals surface area contributed by atoms with Gasteiger partial charge in [-0.05, 0) is 25.0 Å². The van der Waals surface area contributed by atoms with Gasteiger partial charge in [-0.1, -0.05) is 23.7 Å². The van der Waals surface area contributed by atoms with Crippen LogP contribution >= 0.6 is 11.6 Å². The molecule has 88 valence electrons. The standard InChI is InChI=1S/C12H11ClN2O2/c13-9-3-1-2-4-10(9)15-11(16)7-14(12(15)17)8-5-6-8/h1-4,8H,5-7H2. The largest absolute Gasteiger partial charge is 0.332 e. The molecule has 1 aliphatic heterocycles. The first kappa shape index (κ1) is 10.6. The molecule has 0 aromatic heterocycles. The number of imide groups is 1. The van der Waals surface area contributed by atoms with E-state index in [1.54, 1.807) is 29.2 Å². The van der Waals surface area contributed by atoms with Crippen molar-refractivity contribution < 1.29 is 9.59 Å². The second-order valence-electron chi connectivity index (χ2n) is 4.32. The van der Waals surface area contributed by atoms with Gasteiger partial charge in [0.05, 0.1) is 10.7 Å². The number of nitrogens with zero attached hydrogens (tertiary/aromatic N) is 2. The fraction of sp³-hybridized carbons (Fsp3) is 0.333. The number of para-hydroxylation sites is 1. The molecule has 3 rings (SSSR count). The molecule has 0 unspecified atom stereocenters. The summed E-state index contributed by atoms with van der Waals surface area (Å²) in [6, 6.07) is 6.91. The maximum atomic E-state index is 12.1. The van der Waals surface area contributed by atoms with Crippen LogP contribution in [-0.2, 0) is 4.79 Å². The van der Waals surface area contributed by atoms with Gasteiger partial charge in [0.1, 0.15) is 6.54 Å². The van der Waals surface area contributed by atoms with Crippen molar-refractivity contribution in [1.29, 1.82) is 0 Å². The predicted octanol–water partition coefficient (Wildman–Crippen LogP) is 2.27. The first-order valence-electron chi connectivity index (χ1n) is 5.56. The Bertz CT molecular complexity index is 499. The van der Waals surface area contributed by atoms with Crippen molar-refractivity contribution in [3.8, 4) is 0 Å². The molecule has 1 aromatic carbocycles. The fourth-order valence-corrected chi connectivity index (χ4v) is 2.28. The maximum absolute atomic E-state index is 12.1. The second kappa shape index (κ2) is 3.74. The molecule has 0 atom stereocenters. The van der Waals surface area contributed by atoms with E-state index in [-0.39, 0.29) is 24.5 Å². The zero-order valence-corrected chi connectivity index (χ0v) is 9.85. The smallest absolute Gasteiger partial charge is 0.312 e. The molecule has 0 spiro atoms. The van der Waals surface area contributed by atoms with Crippen LogP contribution in [0.15, 0.2) is 24.3 Å². The molecule has 0 N–H and O–H groups in total. The third-order valence-electron chi connectivity index (χ3n) is 3.07. The summed E-state index contributed by atoms with van der Waals surface area (Å²) >= 11 is 6.01. The number of carbonyl (C=O) groups is 2. The van der Waals surface area contributed by atoms with E-state index < -0.39 is 0 Å². The van der Waals surface area contributed by atoms with Crippen LogP contribution in [0.3, 0.4) is 0 Å². The number of benzene rings is 1. The molecule has 0 radical (unpaired) electrons. The highest BCUT2D eigenvalue weighted by molar-refractivity contribution is 6.35. The number of halogens is 1. The van der Waals surface area contributed by atoms with Crippen LogP contribution in [-0.4, -0.2) is 29.4 Å². The molecule has 1 aliphatic carbocycles. The summed E-state index contributed by atoms with van der Waals surface area (Å²) in [5, 5.41) is 0.423. The monoisotopic (exact) mass is 250 g/mol. The number of rotatable bonds is 2. The van der Waals surface area contributed by atoms with Crippen molar-refractivity contribution in [3.63, 3.8) is 0 Å². The van der Waals surface area contributed by atoms with E-state index in [4.69, 9.17) is 11.6 Å². The highest BCUT2D eigenvalue weighted by Crippen LogP contribution is 2.34. The van der Waals surface area contributed by atoms with Crippen LogP contribution in [0.4, 0.5) is 10.5 Å². The molecule has 0 bridgehead atoms. The van der Waals surface area contributed by atoms with Crippen LogP contribution in [0.25, 0.3) is 0 Å². The molecule has 2 fully saturated rings. The lowest BCUT2D eigenvalue weighted by atomic mass is 10.3. The number of amides is 3. The number of urea groups is 1. The lowest BCUT2D eigenvalue weighted by Gasteiger charge is -2.17. The second-order valence-corrected chi connectivity index (χ2v) is 4.73. The molecule has 3 amide bonds. The summed E-state index contributed by atoms with van der Waals surface area (Å²) < 4.78 is 0. The third-order valence-corrected chi connectivity index (χ3v) is 3.39. The van der Waals surface area contributed by atoms with Gasteiger partial charge in [-0.15, -0.1) is 0 Å². The van der Waals surface area contributed by atoms with E-state index in [1.807, 2.05) is 0 Å². The predicted molar refractivity (Wildman–Crippen MR) is 64.1 cm³/mol. The van der Waals surface area contributed by atoms with Crippen LogP contribution in [0, 0.1) is 0 Å². The normalized spacial score (nSPS) is 20.3. The number of carbonyl (C=O) groups excluding carboxylic acids is 2. The first-order valence-corrected chi connectivity index (χ1v) is 5.94. The lowest BCUT2D eigenvalue weighted by Crippen LogP contribution is -2.34. The van der Waals surface area contributed by atoms with Gasteiger partial charge < -0.3 is 4.90 Å². The van der Waals surface area contributed by atoms with Crippen molar-refractivity contribution in [2.75, 3.05) is 11.4 Å². The van der Waals surface area contributed by atoms with Gasteiger partial charge in [0, 0.05) is 6.04 Å². The Morgan fingerprint density at radius 3 is 2.53 bits per heavy atom. The molecule has 17 heavy (non-hydrogen) atoms. The topological polar surface area (TPSA) is 40.6 Å². The summed E-state index contributed by atoms with van der Waals surface area (Å²) in [5.74, 6) is -0.199. The Kier molecular flexibility index (Phi) is 2.33. The summed E-state index contributed by atoms with van der Waals surface area (Å²) in [6.07, 6.45) is 1.99. The summed E-state index contributed by atoms with van der Waals surface area (Å²) in [5.41, 5.74) is 0.479. The quantitative estimate of drug-likeness (QED) is 0.756. The molecular formula is C12H11ClN2O2. The van der Waals surface area contributed by atoms with Gasteiger partial charge in [0.25, 0.3) is 5.91 Å². The number of anilines is 1. The molecule has 4 nitrogen and oxygen atoms in total. The van der Waals surface area contributed by atoms with Crippen molar-refractivity contribution >= 4 is 29.2 Å². The van der Waals surface area contributed by atoms with Crippen LogP contribution < -0.4 is 4.90 Å². The van der Waals surface area contributed by atoms with Gasteiger partial charge in [-0.3, -0.25) is 4.79 Å². The van der Waals surface area contributed by atoms with Gasteiger partial charge in [0.2, 0.25) is 0 Å². The Labute approximate surface area is 104 Å². The minimum atomic E-state index is -0.245. The minimum absolute atomic E-state index is 0.175. The van der Waals surface area contributed by atoms with Gasteiger partial charge in [-0.25, -0.2) is 9.69 Å². The maximum Gasteiger partial charge on any atom is 0.332 e. The molecule has 1 aromatic rings. The highest BCUT2D eigenvalue weighted by Gasteiger charge is 2.44. The highest BCUT2D eigenvalue weighted by atomic mass is 35.5. The van der Waals surface area contributed by atoms with Crippen LogP contribution in [0.5, 0.6) is 0 Å². The lowest BCUT2D eigenvalue weighted by molar-refractivity contribution is -0.116. The summed E-state index contributed by atoms with van der Waals surface area (Å²) in [7, 11) is 0. The molecule has 5 heteroatoms. The molecule has 1 heterocycles. The Hall–Kier alpha value is -1.55. The minimum Gasteiger partial charge on any atom is -0.312 e. The Balaban J connectivity index is 1.95. The van der Waals surface area contributed by atoms with E-state index in [9.17, 15) is 9.59 Å². The summed E-state index contributed by atoms with van der Waals surface area (Å²) in [4.78, 5) is 26.8. The molecule has 2 aliphatic rings. The number of hydrogen-bond donors (Lipinski definition) is 0. The fourth-order valence-electron chi connectivity index (χ4n) is 2.06. The van der Waals surface area contributed by atoms with E-state index in [1.165, 1.54) is 4.90 Å². The van der Waals surface area contributed by atoms with Crippen molar-refractivity contribution in [3.05, 3.63) is 29.3 Å². The van der Waals surface area contributed by atoms with Gasteiger partial charge in [0.15, 0.2) is 0 Å². The van der Waals surface area contributed by atoms with Crippen molar-refractivity contribution in [1.82, 2.24) is 4.90 Å². The zero-order chi connectivity index (χ0) is 12.0. The van der Waals surface area contributed by atoms with E-state index in [0.29, 0.717) is 10.7 Å². The first-order chi connectivity index (χ1) is 8.18. The van der Waals surface area contributed by atoms with E-state index in [0.717, 1.165) is 12.8 Å². The van der Waals surface area contributed by atoms with Crippen LogP contribution in [0.1, 0.15) is 12.8 Å². The van der Waals surface area contributed by atoms with E-state index in [2.05, 4.69) is 0 Å². The van der Waals surface area contributed by atoms with Crippen LogP contribution in [0.2, 0.25) is 5.02 Å². The van der Waals surface area contributed by atoms with E-state index >= 15 is 0 Å². The summed E-state index contributed by atoms with van der Waals surface area (Å²) in [6.45, 7) is 0.175. The SMILES string of the molecule is O=C1CN(C2CC2)C(=O)N1c1ccccc1Cl. The Morgan fingerprint density at radius 2 is 1.88 bits per heavy atom. The zero-order valence-electron chi connectivity index (χ0n) is 9.10.